The van der Waals surface area contributed by atoms with Gasteiger partial charge in [-0.25, -0.2) is 0 Å². The smallest absolute Gasteiger partial charge is 0.236 e. The Kier molecular flexibility index (Phi) is 5.41. The van der Waals surface area contributed by atoms with Crippen molar-refractivity contribution in [2.24, 2.45) is 5.73 Å². The third kappa shape index (κ3) is 3.86. The van der Waals surface area contributed by atoms with Gasteiger partial charge in [0.2, 0.25) is 5.91 Å². The molecule has 0 aromatic heterocycles. The summed E-state index contributed by atoms with van der Waals surface area (Å²) in [5.74, 6) is 0.535. The lowest BCUT2D eigenvalue weighted by atomic mass is 10.1. The van der Waals surface area contributed by atoms with Crippen LogP contribution in [-0.2, 0) is 9.53 Å². The van der Waals surface area contributed by atoms with Crippen LogP contribution in [0.1, 0.15) is 0 Å². The number of piperazine rings is 1. The lowest BCUT2D eigenvalue weighted by Crippen LogP contribution is -2.58. The molecule has 0 aliphatic carbocycles. The first kappa shape index (κ1) is 15.6. The highest BCUT2D eigenvalue weighted by Gasteiger charge is 2.30. The second-order valence-electron chi connectivity index (χ2n) is 5.09. The van der Waals surface area contributed by atoms with E-state index in [2.05, 4.69) is 9.80 Å². The number of hydrogen-bond donors (Lipinski definition) is 1. The fraction of sp³-hybridized carbons (Fsp3) is 0.533. The first-order chi connectivity index (χ1) is 10.2. The van der Waals surface area contributed by atoms with E-state index in [1.807, 2.05) is 24.3 Å². The largest absolute Gasteiger partial charge is 0.497 e. The Morgan fingerprint density at radius 1 is 1.29 bits per heavy atom. The summed E-state index contributed by atoms with van der Waals surface area (Å²) >= 11 is 0. The van der Waals surface area contributed by atoms with Crippen LogP contribution in [0.5, 0.6) is 5.75 Å². The van der Waals surface area contributed by atoms with Gasteiger partial charge in [0.25, 0.3) is 0 Å². The summed E-state index contributed by atoms with van der Waals surface area (Å²) in [6.45, 7) is 3.58. The molecule has 1 amide bonds. The summed E-state index contributed by atoms with van der Waals surface area (Å²) in [5.41, 5.74) is 6.62. The Hall–Kier alpha value is -1.79. The Morgan fingerprint density at radius 3 is 2.57 bits per heavy atom. The average Bonchev–Trinajstić information content (AvgIpc) is 2.52. The van der Waals surface area contributed by atoms with Crippen LogP contribution < -0.4 is 15.4 Å². The van der Waals surface area contributed by atoms with Crippen LogP contribution in [0.15, 0.2) is 24.3 Å². The Labute approximate surface area is 125 Å². The van der Waals surface area contributed by atoms with Crippen molar-refractivity contribution in [2.75, 3.05) is 51.9 Å². The molecule has 1 aromatic rings. The van der Waals surface area contributed by atoms with E-state index in [1.54, 1.807) is 14.2 Å². The number of primary amides is 1. The van der Waals surface area contributed by atoms with Gasteiger partial charge in [0, 0.05) is 39.0 Å². The van der Waals surface area contributed by atoms with Gasteiger partial charge in [0.1, 0.15) is 11.8 Å². The molecule has 21 heavy (non-hydrogen) atoms. The molecule has 2 N–H and O–H groups in total. The molecule has 2 rings (SSSR count). The predicted molar refractivity (Wildman–Crippen MR) is 81.6 cm³/mol. The number of anilines is 1. The molecule has 1 fully saturated rings. The first-order valence-corrected chi connectivity index (χ1v) is 7.07. The molecule has 1 aliphatic rings. The minimum absolute atomic E-state index is 0.281. The Bertz CT molecular complexity index is 464. The molecule has 1 aromatic carbocycles. The van der Waals surface area contributed by atoms with Gasteiger partial charge in [-0.15, -0.1) is 0 Å². The predicted octanol–water partition coefficient (Wildman–Crippen LogP) is 0.318. The molecule has 1 aliphatic heterocycles. The molecule has 0 radical (unpaired) electrons. The molecule has 1 atom stereocenters. The maximum absolute atomic E-state index is 11.7. The standard InChI is InChI=1S/C15H23N3O3/c1-20-10-9-17-7-8-18(11-14(17)15(16)19)12-3-5-13(21-2)6-4-12/h3-6,14H,7-11H2,1-2H3,(H2,16,19). The number of ether oxygens (including phenoxy) is 2. The maximum atomic E-state index is 11.7. The van der Waals surface area contributed by atoms with Gasteiger partial charge in [-0.05, 0) is 24.3 Å². The fourth-order valence-corrected chi connectivity index (χ4v) is 2.59. The molecular weight excluding hydrogens is 270 g/mol. The third-order valence-electron chi connectivity index (χ3n) is 3.84. The molecule has 0 spiro atoms. The van der Waals surface area contributed by atoms with Crippen molar-refractivity contribution in [1.29, 1.82) is 0 Å². The number of hydrogen-bond acceptors (Lipinski definition) is 5. The zero-order valence-corrected chi connectivity index (χ0v) is 12.6. The van der Waals surface area contributed by atoms with Crippen molar-refractivity contribution < 1.29 is 14.3 Å². The number of methoxy groups -OCH3 is 2. The van der Waals surface area contributed by atoms with E-state index in [-0.39, 0.29) is 11.9 Å². The monoisotopic (exact) mass is 293 g/mol. The van der Waals surface area contributed by atoms with E-state index in [0.717, 1.165) is 31.1 Å². The molecular formula is C15H23N3O3. The quantitative estimate of drug-likeness (QED) is 0.818. The van der Waals surface area contributed by atoms with Gasteiger partial charge >= 0.3 is 0 Å². The number of rotatable bonds is 6. The van der Waals surface area contributed by atoms with Crippen molar-refractivity contribution >= 4 is 11.6 Å². The molecule has 0 bridgehead atoms. The van der Waals surface area contributed by atoms with Crippen LogP contribution in [0.25, 0.3) is 0 Å². The fourth-order valence-electron chi connectivity index (χ4n) is 2.59. The summed E-state index contributed by atoms with van der Waals surface area (Å²) in [7, 11) is 3.31. The summed E-state index contributed by atoms with van der Waals surface area (Å²) < 4.78 is 10.3. The summed E-state index contributed by atoms with van der Waals surface area (Å²) in [6, 6.07) is 7.57. The van der Waals surface area contributed by atoms with Crippen molar-refractivity contribution in [3.8, 4) is 5.75 Å². The van der Waals surface area contributed by atoms with E-state index >= 15 is 0 Å². The second-order valence-corrected chi connectivity index (χ2v) is 5.09. The highest BCUT2D eigenvalue weighted by atomic mass is 16.5. The van der Waals surface area contributed by atoms with Gasteiger partial charge in [0.15, 0.2) is 0 Å². The molecule has 1 unspecified atom stereocenters. The number of carbonyl (C=O) groups excluding carboxylic acids is 1. The van der Waals surface area contributed by atoms with Crippen LogP contribution in [0, 0.1) is 0 Å². The van der Waals surface area contributed by atoms with Gasteiger partial charge in [-0.3, -0.25) is 9.69 Å². The average molecular weight is 293 g/mol. The summed E-state index contributed by atoms with van der Waals surface area (Å²) in [6.07, 6.45) is 0. The molecule has 6 nitrogen and oxygen atoms in total. The van der Waals surface area contributed by atoms with E-state index in [0.29, 0.717) is 13.2 Å². The summed E-state index contributed by atoms with van der Waals surface area (Å²) in [5, 5.41) is 0. The molecule has 1 heterocycles. The Balaban J connectivity index is 2.05. The highest BCUT2D eigenvalue weighted by Crippen LogP contribution is 2.22. The maximum Gasteiger partial charge on any atom is 0.236 e. The van der Waals surface area contributed by atoms with E-state index in [4.69, 9.17) is 15.2 Å². The normalized spacial score (nSPS) is 19.5. The first-order valence-electron chi connectivity index (χ1n) is 7.07. The Morgan fingerprint density at radius 2 is 2.00 bits per heavy atom. The molecule has 1 saturated heterocycles. The third-order valence-corrected chi connectivity index (χ3v) is 3.84. The minimum Gasteiger partial charge on any atom is -0.497 e. The van der Waals surface area contributed by atoms with Crippen LogP contribution in [-0.4, -0.2) is 63.9 Å². The number of carbonyl (C=O) groups is 1. The zero-order valence-electron chi connectivity index (χ0n) is 12.6. The van der Waals surface area contributed by atoms with Crippen molar-refractivity contribution in [3.63, 3.8) is 0 Å². The van der Waals surface area contributed by atoms with Crippen molar-refractivity contribution in [1.82, 2.24) is 4.90 Å². The van der Waals surface area contributed by atoms with E-state index in [9.17, 15) is 4.79 Å². The van der Waals surface area contributed by atoms with Crippen molar-refractivity contribution in [2.45, 2.75) is 6.04 Å². The summed E-state index contributed by atoms with van der Waals surface area (Å²) in [4.78, 5) is 16.0. The number of amides is 1. The van der Waals surface area contributed by atoms with Gasteiger partial charge in [-0.1, -0.05) is 0 Å². The van der Waals surface area contributed by atoms with Crippen LogP contribution >= 0.6 is 0 Å². The van der Waals surface area contributed by atoms with Crippen molar-refractivity contribution in [3.05, 3.63) is 24.3 Å². The lowest BCUT2D eigenvalue weighted by Gasteiger charge is -2.40. The molecule has 116 valence electrons. The van der Waals surface area contributed by atoms with E-state index in [1.165, 1.54) is 0 Å². The van der Waals surface area contributed by atoms with Crippen LogP contribution in [0.3, 0.4) is 0 Å². The highest BCUT2D eigenvalue weighted by molar-refractivity contribution is 5.81. The topological polar surface area (TPSA) is 68.0 Å². The SMILES string of the molecule is COCCN1CCN(c2ccc(OC)cc2)CC1C(N)=O. The van der Waals surface area contributed by atoms with Crippen LogP contribution in [0.4, 0.5) is 5.69 Å². The minimum atomic E-state index is -0.288. The molecule has 6 heteroatoms. The second kappa shape index (κ2) is 7.28. The van der Waals surface area contributed by atoms with Gasteiger partial charge < -0.3 is 20.1 Å². The number of nitrogens with two attached hydrogens (primary N) is 1. The van der Waals surface area contributed by atoms with Gasteiger partial charge in [0.05, 0.1) is 13.7 Å². The van der Waals surface area contributed by atoms with Gasteiger partial charge in [-0.2, -0.15) is 0 Å². The number of nitrogens with zero attached hydrogens (tertiary/aromatic N) is 2. The number of benzene rings is 1. The molecule has 0 saturated carbocycles. The van der Waals surface area contributed by atoms with Crippen LogP contribution in [0.2, 0.25) is 0 Å². The van der Waals surface area contributed by atoms with E-state index < -0.39 is 0 Å². The zero-order chi connectivity index (χ0) is 15.2. The lowest BCUT2D eigenvalue weighted by molar-refractivity contribution is -0.123.